The van der Waals surface area contributed by atoms with Gasteiger partial charge in [-0.25, -0.2) is 9.18 Å². The van der Waals surface area contributed by atoms with Crippen LogP contribution in [0.3, 0.4) is 0 Å². The maximum atomic E-state index is 14.1. The lowest BCUT2D eigenvalue weighted by Crippen LogP contribution is -2.42. The number of benzene rings is 2. The normalized spacial score (nSPS) is 12.5. The SMILES string of the molecule is CC(C)Cn1c(=O)n(C(C)c2ccccc2)c(=O)c2[nH]c(-c3cnn(Cc4ccccc4F)c3)cc21. The van der Waals surface area contributed by atoms with Gasteiger partial charge in [0.1, 0.15) is 11.3 Å². The number of hydrogen-bond acceptors (Lipinski definition) is 3. The van der Waals surface area contributed by atoms with E-state index < -0.39 is 6.04 Å². The maximum absolute atomic E-state index is 14.1. The Hall–Kier alpha value is -4.20. The van der Waals surface area contributed by atoms with Gasteiger partial charge in [0.25, 0.3) is 5.56 Å². The molecule has 3 aromatic heterocycles. The predicted octanol–water partition coefficient (Wildman–Crippen LogP) is 4.81. The van der Waals surface area contributed by atoms with Crippen molar-refractivity contribution in [2.24, 2.45) is 5.92 Å². The van der Waals surface area contributed by atoms with Crippen molar-refractivity contribution >= 4 is 11.0 Å². The predicted molar refractivity (Wildman–Crippen MR) is 139 cm³/mol. The number of hydrogen-bond donors (Lipinski definition) is 1. The molecule has 1 N–H and O–H groups in total. The summed E-state index contributed by atoms with van der Waals surface area (Å²) in [5.41, 5.74) is 3.06. The number of rotatable bonds is 7. The molecule has 36 heavy (non-hydrogen) atoms. The second kappa shape index (κ2) is 9.45. The Bertz CT molecular complexity index is 1640. The van der Waals surface area contributed by atoms with Gasteiger partial charge in [-0.2, -0.15) is 5.10 Å². The van der Waals surface area contributed by atoms with Gasteiger partial charge in [-0.15, -0.1) is 0 Å². The first-order valence-electron chi connectivity index (χ1n) is 12.0. The second-order valence-electron chi connectivity index (χ2n) is 9.51. The Morgan fingerprint density at radius 3 is 2.44 bits per heavy atom. The molecule has 0 fully saturated rings. The molecule has 5 aromatic rings. The fourth-order valence-corrected chi connectivity index (χ4v) is 4.57. The van der Waals surface area contributed by atoms with Crippen LogP contribution in [-0.2, 0) is 13.1 Å². The summed E-state index contributed by atoms with van der Waals surface area (Å²) in [6, 6.07) is 17.5. The van der Waals surface area contributed by atoms with Crippen LogP contribution in [0.25, 0.3) is 22.3 Å². The van der Waals surface area contributed by atoms with E-state index in [1.165, 1.54) is 10.6 Å². The monoisotopic (exact) mass is 485 g/mol. The highest BCUT2D eigenvalue weighted by molar-refractivity contribution is 5.82. The van der Waals surface area contributed by atoms with E-state index in [1.54, 1.807) is 39.8 Å². The summed E-state index contributed by atoms with van der Waals surface area (Å²) in [4.78, 5) is 30.4. The molecule has 0 spiro atoms. The molecular formula is C28H28FN5O2. The molecule has 3 heterocycles. The van der Waals surface area contributed by atoms with Crippen molar-refractivity contribution in [3.63, 3.8) is 0 Å². The minimum absolute atomic E-state index is 0.200. The number of fused-ring (bicyclic) bond motifs is 1. The quantitative estimate of drug-likeness (QED) is 0.360. The lowest BCUT2D eigenvalue weighted by Gasteiger charge is -2.18. The van der Waals surface area contributed by atoms with Gasteiger partial charge in [0, 0.05) is 23.9 Å². The molecule has 0 saturated heterocycles. The summed E-state index contributed by atoms with van der Waals surface area (Å²) >= 11 is 0. The fraction of sp³-hybridized carbons (Fsp3) is 0.250. The number of aromatic nitrogens is 5. The zero-order chi connectivity index (χ0) is 25.4. The van der Waals surface area contributed by atoms with Gasteiger partial charge in [-0.05, 0) is 30.5 Å². The zero-order valence-corrected chi connectivity index (χ0v) is 20.5. The highest BCUT2D eigenvalue weighted by atomic mass is 19.1. The molecule has 0 bridgehead atoms. The van der Waals surface area contributed by atoms with E-state index in [-0.39, 0.29) is 29.5 Å². The van der Waals surface area contributed by atoms with Gasteiger partial charge in [0.2, 0.25) is 0 Å². The third-order valence-electron chi connectivity index (χ3n) is 6.41. The molecule has 0 aliphatic rings. The zero-order valence-electron chi connectivity index (χ0n) is 20.5. The molecule has 7 nitrogen and oxygen atoms in total. The average molecular weight is 486 g/mol. The van der Waals surface area contributed by atoms with Crippen LogP contribution in [0.1, 0.15) is 37.9 Å². The van der Waals surface area contributed by atoms with Gasteiger partial charge in [0.15, 0.2) is 0 Å². The first-order valence-corrected chi connectivity index (χ1v) is 12.0. The molecule has 0 amide bonds. The van der Waals surface area contributed by atoms with Crippen LogP contribution in [0.15, 0.2) is 82.6 Å². The van der Waals surface area contributed by atoms with Crippen LogP contribution in [0.2, 0.25) is 0 Å². The van der Waals surface area contributed by atoms with E-state index in [9.17, 15) is 14.0 Å². The molecule has 8 heteroatoms. The fourth-order valence-electron chi connectivity index (χ4n) is 4.57. The first-order chi connectivity index (χ1) is 17.3. The van der Waals surface area contributed by atoms with Crippen LogP contribution >= 0.6 is 0 Å². The Morgan fingerprint density at radius 1 is 1.00 bits per heavy atom. The van der Waals surface area contributed by atoms with Crippen molar-refractivity contribution in [1.82, 2.24) is 23.9 Å². The van der Waals surface area contributed by atoms with E-state index in [1.807, 2.05) is 57.2 Å². The van der Waals surface area contributed by atoms with E-state index in [0.29, 0.717) is 28.8 Å². The number of H-pyrrole nitrogens is 1. The molecule has 1 unspecified atom stereocenters. The Balaban J connectivity index is 1.61. The Labute approximate surface area is 207 Å². The van der Waals surface area contributed by atoms with Crippen LogP contribution in [0.5, 0.6) is 0 Å². The van der Waals surface area contributed by atoms with E-state index in [0.717, 1.165) is 11.1 Å². The molecular weight excluding hydrogens is 457 g/mol. The summed E-state index contributed by atoms with van der Waals surface area (Å²) in [7, 11) is 0. The number of nitrogens with one attached hydrogen (secondary N) is 1. The van der Waals surface area contributed by atoms with E-state index in [4.69, 9.17) is 0 Å². The smallest absolute Gasteiger partial charge is 0.332 e. The molecule has 5 rings (SSSR count). The molecule has 0 aliphatic heterocycles. The average Bonchev–Trinajstić information content (AvgIpc) is 3.51. The van der Waals surface area contributed by atoms with Crippen LogP contribution in [0.4, 0.5) is 4.39 Å². The van der Waals surface area contributed by atoms with E-state index >= 15 is 0 Å². The van der Waals surface area contributed by atoms with Crippen molar-refractivity contribution < 1.29 is 4.39 Å². The third-order valence-corrected chi connectivity index (χ3v) is 6.41. The van der Waals surface area contributed by atoms with Gasteiger partial charge < -0.3 is 4.98 Å². The van der Waals surface area contributed by atoms with Gasteiger partial charge in [0.05, 0.1) is 30.0 Å². The standard InChI is InChI=1S/C28H28FN5O2/c1-18(2)15-33-25-13-24(22-14-30-32(17-22)16-21-11-7-8-12-23(21)29)31-26(25)27(35)34(28(33)36)19(3)20-9-5-4-6-10-20/h4-14,17-19,31H,15-16H2,1-3H3. The molecule has 1 atom stereocenters. The Kier molecular flexibility index (Phi) is 6.18. The van der Waals surface area contributed by atoms with Crippen LogP contribution < -0.4 is 11.2 Å². The summed E-state index contributed by atoms with van der Waals surface area (Å²) in [6.45, 7) is 6.69. The van der Waals surface area contributed by atoms with Gasteiger partial charge in [-0.1, -0.05) is 62.4 Å². The largest absolute Gasteiger partial charge is 0.349 e. The lowest BCUT2D eigenvalue weighted by molar-refractivity contribution is 0.478. The summed E-state index contributed by atoms with van der Waals surface area (Å²) < 4.78 is 18.7. The van der Waals surface area contributed by atoms with Gasteiger partial charge >= 0.3 is 5.69 Å². The topological polar surface area (TPSA) is 77.6 Å². The van der Waals surface area contributed by atoms with Crippen molar-refractivity contribution in [3.05, 3.63) is 111 Å². The van der Waals surface area contributed by atoms with Crippen LogP contribution in [-0.4, -0.2) is 23.9 Å². The molecule has 0 saturated carbocycles. The number of nitrogens with zero attached hydrogens (tertiary/aromatic N) is 4. The molecule has 2 aromatic carbocycles. The van der Waals surface area contributed by atoms with Crippen LogP contribution in [0, 0.1) is 11.7 Å². The minimum atomic E-state index is -0.427. The highest BCUT2D eigenvalue weighted by Gasteiger charge is 2.21. The van der Waals surface area contributed by atoms with Crippen molar-refractivity contribution in [3.8, 4) is 11.3 Å². The first kappa shape index (κ1) is 23.5. The van der Waals surface area contributed by atoms with Crippen molar-refractivity contribution in [2.45, 2.75) is 39.9 Å². The number of aromatic amines is 1. The second-order valence-corrected chi connectivity index (χ2v) is 9.51. The summed E-state index contributed by atoms with van der Waals surface area (Å²) in [5, 5.41) is 4.37. The molecule has 184 valence electrons. The van der Waals surface area contributed by atoms with Crippen molar-refractivity contribution in [2.75, 3.05) is 0 Å². The Morgan fingerprint density at radius 2 is 1.72 bits per heavy atom. The van der Waals surface area contributed by atoms with E-state index in [2.05, 4.69) is 10.1 Å². The summed E-state index contributed by atoms with van der Waals surface area (Å²) in [6.07, 6.45) is 3.47. The lowest BCUT2D eigenvalue weighted by atomic mass is 10.1. The number of halogens is 1. The summed E-state index contributed by atoms with van der Waals surface area (Å²) in [5.74, 6) is -0.0864. The highest BCUT2D eigenvalue weighted by Crippen LogP contribution is 2.24. The maximum Gasteiger partial charge on any atom is 0.332 e. The molecule has 0 aliphatic carbocycles. The molecule has 0 radical (unpaired) electrons. The van der Waals surface area contributed by atoms with Crippen molar-refractivity contribution in [1.29, 1.82) is 0 Å². The van der Waals surface area contributed by atoms with Gasteiger partial charge in [-0.3, -0.25) is 18.6 Å². The minimum Gasteiger partial charge on any atom is -0.349 e. The third kappa shape index (κ3) is 4.30.